The van der Waals surface area contributed by atoms with Gasteiger partial charge < -0.3 is 14.8 Å². The van der Waals surface area contributed by atoms with Crippen molar-refractivity contribution in [2.45, 2.75) is 57.6 Å². The van der Waals surface area contributed by atoms with E-state index in [1.807, 2.05) is 7.05 Å². The molecule has 2 atom stereocenters. The van der Waals surface area contributed by atoms with Gasteiger partial charge in [0.05, 0.1) is 13.2 Å². The van der Waals surface area contributed by atoms with Crippen LogP contribution in [0.15, 0.2) is 0 Å². The number of rotatable bonds is 6. The van der Waals surface area contributed by atoms with Crippen molar-refractivity contribution in [3.63, 3.8) is 0 Å². The molecule has 0 radical (unpaired) electrons. The fourth-order valence-corrected chi connectivity index (χ4v) is 2.55. The second kappa shape index (κ2) is 7.10. The summed E-state index contributed by atoms with van der Waals surface area (Å²) in [6, 6.07) is 0. The van der Waals surface area contributed by atoms with Crippen LogP contribution in [0.2, 0.25) is 0 Å². The Morgan fingerprint density at radius 2 is 2.22 bits per heavy atom. The van der Waals surface area contributed by atoms with Crippen LogP contribution in [0.1, 0.15) is 46.0 Å². The van der Waals surface area contributed by atoms with Crippen LogP contribution >= 0.6 is 0 Å². The van der Waals surface area contributed by atoms with E-state index >= 15 is 0 Å². The Bertz CT molecular complexity index is 268. The zero-order valence-corrected chi connectivity index (χ0v) is 12.1. The molecule has 0 aromatic heterocycles. The Kier molecular flexibility index (Phi) is 6.09. The summed E-state index contributed by atoms with van der Waals surface area (Å²) < 4.78 is 10.8. The molecule has 0 spiro atoms. The van der Waals surface area contributed by atoms with Crippen molar-refractivity contribution in [3.05, 3.63) is 0 Å². The van der Waals surface area contributed by atoms with Crippen LogP contribution in [0.5, 0.6) is 0 Å². The summed E-state index contributed by atoms with van der Waals surface area (Å²) in [6.07, 6.45) is 4.83. The van der Waals surface area contributed by atoms with Crippen LogP contribution in [0, 0.1) is 5.92 Å². The summed E-state index contributed by atoms with van der Waals surface area (Å²) in [5.74, 6) is 0.491. The first kappa shape index (κ1) is 15.4. The van der Waals surface area contributed by atoms with Gasteiger partial charge in [-0.2, -0.15) is 0 Å². The second-order valence-electron chi connectivity index (χ2n) is 5.60. The quantitative estimate of drug-likeness (QED) is 0.740. The van der Waals surface area contributed by atoms with E-state index in [2.05, 4.69) is 19.2 Å². The van der Waals surface area contributed by atoms with Gasteiger partial charge in [-0.3, -0.25) is 4.79 Å². The molecule has 0 amide bonds. The van der Waals surface area contributed by atoms with Crippen molar-refractivity contribution < 1.29 is 14.3 Å². The van der Waals surface area contributed by atoms with E-state index in [0.29, 0.717) is 12.3 Å². The molecule has 1 aliphatic carbocycles. The summed E-state index contributed by atoms with van der Waals surface area (Å²) in [5.41, 5.74) is -0.546. The van der Waals surface area contributed by atoms with Gasteiger partial charge in [-0.1, -0.05) is 13.8 Å². The molecule has 1 rings (SSSR count). The van der Waals surface area contributed by atoms with Crippen molar-refractivity contribution >= 4 is 5.97 Å². The smallest absolute Gasteiger partial charge is 0.326 e. The van der Waals surface area contributed by atoms with E-state index in [1.54, 1.807) is 0 Å². The number of carbonyl (C=O) groups excluding carboxylic acids is 1. The topological polar surface area (TPSA) is 47.6 Å². The molecule has 4 nitrogen and oxygen atoms in total. The predicted octanol–water partition coefficient (Wildman–Crippen LogP) is 2.12. The Labute approximate surface area is 110 Å². The van der Waals surface area contributed by atoms with E-state index in [9.17, 15) is 4.79 Å². The Balaban J connectivity index is 2.50. The average molecular weight is 257 g/mol. The van der Waals surface area contributed by atoms with Gasteiger partial charge in [-0.25, -0.2) is 0 Å². The number of esters is 1. The zero-order valence-electron chi connectivity index (χ0n) is 12.1. The van der Waals surface area contributed by atoms with Crippen LogP contribution in [0.4, 0.5) is 0 Å². The molecule has 4 heteroatoms. The summed E-state index contributed by atoms with van der Waals surface area (Å²) in [4.78, 5) is 11.9. The SMILES string of the molecule is CNC1(C(=O)OC)CCCC(OCCC(C)C)C1. The van der Waals surface area contributed by atoms with Crippen LogP contribution in [0.25, 0.3) is 0 Å². The molecule has 0 aromatic rings. The summed E-state index contributed by atoms with van der Waals surface area (Å²) in [5, 5.41) is 3.14. The highest BCUT2D eigenvalue weighted by Crippen LogP contribution is 2.31. The van der Waals surface area contributed by atoms with Crippen molar-refractivity contribution in [2.24, 2.45) is 5.92 Å². The number of nitrogens with one attached hydrogen (secondary N) is 1. The molecule has 0 aliphatic heterocycles. The molecule has 1 saturated carbocycles. The van der Waals surface area contributed by atoms with Gasteiger partial charge in [0.25, 0.3) is 0 Å². The van der Waals surface area contributed by atoms with E-state index in [0.717, 1.165) is 32.3 Å². The number of carbonyl (C=O) groups is 1. The normalized spacial score (nSPS) is 28.4. The van der Waals surface area contributed by atoms with Gasteiger partial charge in [0.2, 0.25) is 0 Å². The van der Waals surface area contributed by atoms with Crippen molar-refractivity contribution in [3.8, 4) is 0 Å². The minimum absolute atomic E-state index is 0.165. The van der Waals surface area contributed by atoms with Gasteiger partial charge in [0.15, 0.2) is 0 Å². The molecule has 0 aromatic carbocycles. The first-order valence-electron chi connectivity index (χ1n) is 6.93. The molecule has 2 unspecified atom stereocenters. The Morgan fingerprint density at radius 1 is 1.50 bits per heavy atom. The fourth-order valence-electron chi connectivity index (χ4n) is 2.55. The van der Waals surface area contributed by atoms with Crippen molar-refractivity contribution in [1.29, 1.82) is 0 Å². The Morgan fingerprint density at radius 3 is 2.78 bits per heavy atom. The lowest BCUT2D eigenvalue weighted by Crippen LogP contribution is -2.55. The monoisotopic (exact) mass is 257 g/mol. The maximum absolute atomic E-state index is 11.9. The molecule has 1 N–H and O–H groups in total. The molecular weight excluding hydrogens is 230 g/mol. The van der Waals surface area contributed by atoms with Gasteiger partial charge in [-0.05, 0) is 38.6 Å². The first-order valence-corrected chi connectivity index (χ1v) is 6.93. The molecule has 1 aliphatic rings. The highest BCUT2D eigenvalue weighted by atomic mass is 16.5. The average Bonchev–Trinajstić information content (AvgIpc) is 2.37. The van der Waals surface area contributed by atoms with E-state index in [-0.39, 0.29) is 12.1 Å². The highest BCUT2D eigenvalue weighted by Gasteiger charge is 2.42. The highest BCUT2D eigenvalue weighted by molar-refractivity contribution is 5.80. The summed E-state index contributed by atoms with van der Waals surface area (Å²) in [6.45, 7) is 5.16. The maximum Gasteiger partial charge on any atom is 0.326 e. The van der Waals surface area contributed by atoms with Gasteiger partial charge in [0.1, 0.15) is 5.54 Å². The third kappa shape index (κ3) is 3.95. The molecule has 1 fully saturated rings. The van der Waals surface area contributed by atoms with E-state index < -0.39 is 5.54 Å². The molecular formula is C14H27NO3. The summed E-state index contributed by atoms with van der Waals surface area (Å²) in [7, 11) is 3.28. The standard InChI is InChI=1S/C14H27NO3/c1-11(2)7-9-18-12-6-5-8-14(10-12,15-3)13(16)17-4/h11-12,15H,5-10H2,1-4H3. The van der Waals surface area contributed by atoms with Crippen molar-refractivity contribution in [1.82, 2.24) is 5.32 Å². The van der Waals surface area contributed by atoms with Crippen LogP contribution in [-0.4, -0.2) is 38.4 Å². The fraction of sp³-hybridized carbons (Fsp3) is 0.929. The molecule has 0 saturated heterocycles. The maximum atomic E-state index is 11.9. The zero-order chi connectivity index (χ0) is 13.6. The van der Waals surface area contributed by atoms with Gasteiger partial charge >= 0.3 is 5.97 Å². The Hall–Kier alpha value is -0.610. The minimum atomic E-state index is -0.546. The van der Waals surface area contributed by atoms with Crippen LogP contribution in [0.3, 0.4) is 0 Å². The third-order valence-corrected chi connectivity index (χ3v) is 3.81. The largest absolute Gasteiger partial charge is 0.468 e. The lowest BCUT2D eigenvalue weighted by Gasteiger charge is -2.38. The lowest BCUT2D eigenvalue weighted by atomic mass is 9.80. The number of ether oxygens (including phenoxy) is 2. The lowest BCUT2D eigenvalue weighted by molar-refractivity contribution is -0.152. The van der Waals surface area contributed by atoms with E-state index in [1.165, 1.54) is 7.11 Å². The molecule has 18 heavy (non-hydrogen) atoms. The second-order valence-corrected chi connectivity index (χ2v) is 5.60. The van der Waals surface area contributed by atoms with Crippen molar-refractivity contribution in [2.75, 3.05) is 20.8 Å². The number of likely N-dealkylation sites (N-methyl/N-ethyl adjacent to an activating group) is 1. The van der Waals surface area contributed by atoms with Crippen LogP contribution in [-0.2, 0) is 14.3 Å². The van der Waals surface area contributed by atoms with Gasteiger partial charge in [0, 0.05) is 13.0 Å². The first-order chi connectivity index (χ1) is 8.54. The number of hydrogen-bond donors (Lipinski definition) is 1. The number of methoxy groups -OCH3 is 1. The third-order valence-electron chi connectivity index (χ3n) is 3.81. The molecule has 0 bridgehead atoms. The van der Waals surface area contributed by atoms with E-state index in [4.69, 9.17) is 9.47 Å². The minimum Gasteiger partial charge on any atom is -0.468 e. The van der Waals surface area contributed by atoms with Crippen LogP contribution < -0.4 is 5.32 Å². The molecule has 0 heterocycles. The molecule has 106 valence electrons. The number of hydrogen-bond acceptors (Lipinski definition) is 4. The van der Waals surface area contributed by atoms with Gasteiger partial charge in [-0.15, -0.1) is 0 Å². The predicted molar refractivity (Wildman–Crippen MR) is 71.5 cm³/mol. The summed E-state index contributed by atoms with van der Waals surface area (Å²) >= 11 is 0.